The first-order valence-electron chi connectivity index (χ1n) is 6.66. The van der Waals surface area contributed by atoms with Gasteiger partial charge in [-0.1, -0.05) is 39.4 Å². The van der Waals surface area contributed by atoms with Gasteiger partial charge in [-0.2, -0.15) is 0 Å². The molecular formula is C16H13BrN2O2S. The molecule has 1 amide bonds. The highest BCUT2D eigenvalue weighted by molar-refractivity contribution is 9.10. The van der Waals surface area contributed by atoms with Crippen molar-refractivity contribution < 1.29 is 9.53 Å². The maximum Gasteiger partial charge on any atom is 0.264 e. The number of amides is 1. The highest BCUT2D eigenvalue weighted by Crippen LogP contribution is 2.27. The third-order valence-corrected chi connectivity index (χ3v) is 4.52. The monoisotopic (exact) mass is 376 g/mol. The number of aromatic nitrogens is 1. The molecule has 0 spiro atoms. The number of benzene rings is 2. The third kappa shape index (κ3) is 3.45. The minimum atomic E-state index is -0.223. The van der Waals surface area contributed by atoms with Gasteiger partial charge in [-0.15, -0.1) is 0 Å². The fourth-order valence-corrected chi connectivity index (χ4v) is 3.20. The fourth-order valence-electron chi connectivity index (χ4n) is 1.97. The summed E-state index contributed by atoms with van der Waals surface area (Å²) in [6.45, 7) is 1.96. The van der Waals surface area contributed by atoms with Crippen LogP contribution in [0.2, 0.25) is 0 Å². The van der Waals surface area contributed by atoms with Gasteiger partial charge in [0.2, 0.25) is 0 Å². The van der Waals surface area contributed by atoms with Crippen molar-refractivity contribution in [2.24, 2.45) is 0 Å². The second-order valence-corrected chi connectivity index (χ2v) is 6.68. The molecule has 0 aliphatic heterocycles. The molecule has 2 aromatic carbocycles. The Balaban J connectivity index is 1.63. The lowest BCUT2D eigenvalue weighted by Crippen LogP contribution is -2.19. The smallest absolute Gasteiger partial charge is 0.264 e. The Morgan fingerprint density at radius 2 is 2.05 bits per heavy atom. The largest absolute Gasteiger partial charge is 0.484 e. The summed E-state index contributed by atoms with van der Waals surface area (Å²) in [7, 11) is 0. The summed E-state index contributed by atoms with van der Waals surface area (Å²) in [5.41, 5.74) is 2.02. The highest BCUT2D eigenvalue weighted by Gasteiger charge is 2.09. The van der Waals surface area contributed by atoms with E-state index in [4.69, 9.17) is 4.74 Å². The van der Waals surface area contributed by atoms with E-state index in [9.17, 15) is 4.79 Å². The van der Waals surface area contributed by atoms with E-state index in [0.717, 1.165) is 20.3 Å². The number of carbonyl (C=O) groups excluding carboxylic acids is 1. The first-order valence-corrected chi connectivity index (χ1v) is 8.27. The van der Waals surface area contributed by atoms with Gasteiger partial charge in [-0.25, -0.2) is 4.98 Å². The molecule has 0 unspecified atom stereocenters. The van der Waals surface area contributed by atoms with Crippen molar-refractivity contribution in [1.82, 2.24) is 4.98 Å². The quantitative estimate of drug-likeness (QED) is 0.734. The van der Waals surface area contributed by atoms with Crippen molar-refractivity contribution >= 4 is 48.5 Å². The average molecular weight is 377 g/mol. The van der Waals surface area contributed by atoms with E-state index < -0.39 is 0 Å². The number of thiazole rings is 1. The van der Waals surface area contributed by atoms with Gasteiger partial charge in [-0.05, 0) is 42.8 Å². The van der Waals surface area contributed by atoms with Crippen LogP contribution in [0, 0.1) is 6.92 Å². The van der Waals surface area contributed by atoms with E-state index in [-0.39, 0.29) is 12.5 Å². The summed E-state index contributed by atoms with van der Waals surface area (Å²) in [5.74, 6) is 0.429. The molecule has 0 bridgehead atoms. The number of nitrogens with one attached hydrogen (secondary N) is 1. The van der Waals surface area contributed by atoms with Crippen LogP contribution in [0.25, 0.3) is 10.2 Å². The van der Waals surface area contributed by atoms with Gasteiger partial charge in [0.25, 0.3) is 5.91 Å². The molecule has 0 radical (unpaired) electrons. The van der Waals surface area contributed by atoms with Gasteiger partial charge in [0, 0.05) is 4.47 Å². The SMILES string of the molecule is Cc1cccc2sc(NC(=O)COc3ccc(Br)cc3)nc12. The van der Waals surface area contributed by atoms with Gasteiger partial charge < -0.3 is 4.74 Å². The van der Waals surface area contributed by atoms with Crippen LogP contribution >= 0.6 is 27.3 Å². The van der Waals surface area contributed by atoms with Gasteiger partial charge in [0.05, 0.1) is 10.2 Å². The Labute approximate surface area is 140 Å². The fraction of sp³-hybridized carbons (Fsp3) is 0.125. The zero-order valence-electron chi connectivity index (χ0n) is 11.8. The second-order valence-electron chi connectivity index (χ2n) is 4.73. The van der Waals surface area contributed by atoms with Gasteiger partial charge in [-0.3, -0.25) is 10.1 Å². The molecule has 0 atom stereocenters. The molecule has 3 aromatic rings. The minimum Gasteiger partial charge on any atom is -0.484 e. The molecule has 0 aliphatic rings. The predicted molar refractivity (Wildman–Crippen MR) is 92.6 cm³/mol. The summed E-state index contributed by atoms with van der Waals surface area (Å²) < 4.78 is 7.46. The van der Waals surface area contributed by atoms with Crippen LogP contribution < -0.4 is 10.1 Å². The van der Waals surface area contributed by atoms with E-state index in [1.54, 1.807) is 12.1 Å². The van der Waals surface area contributed by atoms with Gasteiger partial charge in [0.15, 0.2) is 11.7 Å². The Morgan fingerprint density at radius 3 is 2.77 bits per heavy atom. The maximum atomic E-state index is 11.9. The minimum absolute atomic E-state index is 0.0451. The van der Waals surface area contributed by atoms with E-state index in [1.807, 2.05) is 37.3 Å². The van der Waals surface area contributed by atoms with Crippen molar-refractivity contribution in [2.75, 3.05) is 11.9 Å². The number of fused-ring (bicyclic) bond motifs is 1. The lowest BCUT2D eigenvalue weighted by molar-refractivity contribution is -0.118. The first-order chi connectivity index (χ1) is 10.6. The number of carbonyl (C=O) groups is 1. The van der Waals surface area contributed by atoms with E-state index in [2.05, 4.69) is 26.2 Å². The molecule has 1 N–H and O–H groups in total. The maximum absolute atomic E-state index is 11.9. The molecule has 3 rings (SSSR count). The Hall–Kier alpha value is -1.92. The third-order valence-electron chi connectivity index (χ3n) is 3.05. The highest BCUT2D eigenvalue weighted by atomic mass is 79.9. The lowest BCUT2D eigenvalue weighted by Gasteiger charge is -2.05. The zero-order chi connectivity index (χ0) is 15.5. The van der Waals surface area contributed by atoms with Gasteiger partial charge in [0.1, 0.15) is 5.75 Å². The van der Waals surface area contributed by atoms with Crippen molar-refractivity contribution in [3.05, 3.63) is 52.5 Å². The number of halogens is 1. The molecule has 1 aromatic heterocycles. The number of hydrogen-bond donors (Lipinski definition) is 1. The number of aryl methyl sites for hydroxylation is 1. The standard InChI is InChI=1S/C16H13BrN2O2S/c1-10-3-2-4-13-15(10)19-16(22-13)18-14(20)9-21-12-7-5-11(17)6-8-12/h2-8H,9H2,1H3,(H,18,19,20). The van der Waals surface area contributed by atoms with E-state index in [1.165, 1.54) is 11.3 Å². The topological polar surface area (TPSA) is 51.2 Å². The lowest BCUT2D eigenvalue weighted by atomic mass is 10.2. The molecule has 22 heavy (non-hydrogen) atoms. The summed E-state index contributed by atoms with van der Waals surface area (Å²) >= 11 is 4.81. The molecule has 0 saturated carbocycles. The van der Waals surface area contributed by atoms with Crippen LogP contribution in [-0.2, 0) is 4.79 Å². The molecule has 0 saturated heterocycles. The summed E-state index contributed by atoms with van der Waals surface area (Å²) in [6.07, 6.45) is 0. The molecule has 4 nitrogen and oxygen atoms in total. The Kier molecular flexibility index (Phi) is 4.40. The number of nitrogens with zero attached hydrogens (tertiary/aromatic N) is 1. The first kappa shape index (κ1) is 15.0. The summed E-state index contributed by atoms with van der Waals surface area (Å²) in [5, 5.41) is 3.37. The summed E-state index contributed by atoms with van der Waals surface area (Å²) in [4.78, 5) is 16.4. The Bertz CT molecular complexity index is 815. The predicted octanol–water partition coefficient (Wildman–Crippen LogP) is 4.38. The van der Waals surface area contributed by atoms with Gasteiger partial charge >= 0.3 is 0 Å². The number of ether oxygens (including phenoxy) is 1. The van der Waals surface area contributed by atoms with E-state index in [0.29, 0.717) is 10.9 Å². The molecular weight excluding hydrogens is 364 g/mol. The number of hydrogen-bond acceptors (Lipinski definition) is 4. The normalized spacial score (nSPS) is 10.6. The molecule has 0 aliphatic carbocycles. The average Bonchev–Trinajstić information content (AvgIpc) is 2.90. The number of para-hydroxylation sites is 1. The van der Waals surface area contributed by atoms with Crippen molar-refractivity contribution in [3.8, 4) is 5.75 Å². The molecule has 1 heterocycles. The van der Waals surface area contributed by atoms with Crippen molar-refractivity contribution in [2.45, 2.75) is 6.92 Å². The second kappa shape index (κ2) is 6.46. The van der Waals surface area contributed by atoms with Crippen LogP contribution in [0.4, 0.5) is 5.13 Å². The van der Waals surface area contributed by atoms with Crippen molar-refractivity contribution in [3.63, 3.8) is 0 Å². The molecule has 0 fully saturated rings. The summed E-state index contributed by atoms with van der Waals surface area (Å²) in [6, 6.07) is 13.3. The van der Waals surface area contributed by atoms with Crippen LogP contribution in [-0.4, -0.2) is 17.5 Å². The molecule has 6 heteroatoms. The number of rotatable bonds is 4. The zero-order valence-corrected chi connectivity index (χ0v) is 14.2. The van der Waals surface area contributed by atoms with Crippen LogP contribution in [0.15, 0.2) is 46.9 Å². The molecule has 112 valence electrons. The van der Waals surface area contributed by atoms with E-state index >= 15 is 0 Å². The van der Waals surface area contributed by atoms with Crippen LogP contribution in [0.3, 0.4) is 0 Å². The van der Waals surface area contributed by atoms with Crippen LogP contribution in [0.1, 0.15) is 5.56 Å². The Morgan fingerprint density at radius 1 is 1.27 bits per heavy atom. The van der Waals surface area contributed by atoms with Crippen LogP contribution in [0.5, 0.6) is 5.75 Å². The van der Waals surface area contributed by atoms with Crippen molar-refractivity contribution in [1.29, 1.82) is 0 Å². The number of anilines is 1.